The van der Waals surface area contributed by atoms with Crippen molar-refractivity contribution in [3.05, 3.63) is 47.8 Å². The highest BCUT2D eigenvalue weighted by molar-refractivity contribution is 5.19. The average molecular weight is 158 g/mol. The molecule has 0 aliphatic heterocycles. The van der Waals surface area contributed by atoms with Crippen molar-refractivity contribution in [1.29, 1.82) is 0 Å². The third kappa shape index (κ3) is 1.50. The molecule has 1 aromatic carbocycles. The summed E-state index contributed by atoms with van der Waals surface area (Å²) in [6.45, 7) is 0. The van der Waals surface area contributed by atoms with Gasteiger partial charge in [-0.3, -0.25) is 5.10 Å². The molecule has 0 unspecified atom stereocenters. The van der Waals surface area contributed by atoms with E-state index in [1.54, 1.807) is 0 Å². The fourth-order valence-corrected chi connectivity index (χ4v) is 1.07. The van der Waals surface area contributed by atoms with Gasteiger partial charge in [0.1, 0.15) is 6.20 Å². The zero-order valence-electron chi connectivity index (χ0n) is 6.49. The lowest BCUT2D eigenvalue weighted by Crippen LogP contribution is -1.87. The number of aromatic nitrogens is 3. The Balaban J connectivity index is 2.15. The Morgan fingerprint density at radius 1 is 1.25 bits per heavy atom. The van der Waals surface area contributed by atoms with Crippen LogP contribution in [0, 0.1) is 6.20 Å². The third-order valence-electron chi connectivity index (χ3n) is 1.64. The summed E-state index contributed by atoms with van der Waals surface area (Å²) >= 11 is 0. The van der Waals surface area contributed by atoms with E-state index in [0.29, 0.717) is 0 Å². The van der Waals surface area contributed by atoms with Gasteiger partial charge in [0.25, 0.3) is 0 Å². The van der Waals surface area contributed by atoms with E-state index in [-0.39, 0.29) is 0 Å². The minimum absolute atomic E-state index is 0.813. The summed E-state index contributed by atoms with van der Waals surface area (Å²) in [5.74, 6) is 0. The van der Waals surface area contributed by atoms with E-state index >= 15 is 0 Å². The fourth-order valence-electron chi connectivity index (χ4n) is 1.07. The van der Waals surface area contributed by atoms with Crippen LogP contribution < -0.4 is 0 Å². The van der Waals surface area contributed by atoms with E-state index in [4.69, 9.17) is 0 Å². The fraction of sp³-hybridized carbons (Fsp3) is 0.111. The van der Waals surface area contributed by atoms with Gasteiger partial charge in [-0.05, 0) is 5.56 Å². The van der Waals surface area contributed by atoms with Gasteiger partial charge >= 0.3 is 0 Å². The minimum atomic E-state index is 0.813. The van der Waals surface area contributed by atoms with Gasteiger partial charge in [-0.15, -0.1) is 5.10 Å². The van der Waals surface area contributed by atoms with E-state index in [2.05, 4.69) is 33.7 Å². The summed E-state index contributed by atoms with van der Waals surface area (Å²) < 4.78 is 0. The molecule has 0 saturated heterocycles. The molecular formula is C9H8N3. The molecule has 1 heterocycles. The highest BCUT2D eigenvalue weighted by atomic mass is 15.3. The van der Waals surface area contributed by atoms with Crippen molar-refractivity contribution in [2.75, 3.05) is 0 Å². The van der Waals surface area contributed by atoms with Gasteiger partial charge in [0.15, 0.2) is 0 Å². The number of rotatable bonds is 2. The smallest absolute Gasteiger partial charge is 0.138 e. The van der Waals surface area contributed by atoms with Crippen LogP contribution in [0.25, 0.3) is 0 Å². The Labute approximate surface area is 70.4 Å². The van der Waals surface area contributed by atoms with Crippen LogP contribution in [0.2, 0.25) is 0 Å². The van der Waals surface area contributed by atoms with Crippen LogP contribution in [0.1, 0.15) is 11.3 Å². The zero-order valence-corrected chi connectivity index (χ0v) is 6.49. The predicted molar refractivity (Wildman–Crippen MR) is 44.5 cm³/mol. The molecule has 1 aromatic heterocycles. The van der Waals surface area contributed by atoms with Crippen LogP contribution in [0.3, 0.4) is 0 Å². The monoisotopic (exact) mass is 158 g/mol. The maximum Gasteiger partial charge on any atom is 0.138 e. The molecule has 1 N–H and O–H groups in total. The van der Waals surface area contributed by atoms with E-state index in [1.165, 1.54) is 5.56 Å². The van der Waals surface area contributed by atoms with Crippen LogP contribution in [-0.4, -0.2) is 15.4 Å². The largest absolute Gasteiger partial charge is 0.261 e. The van der Waals surface area contributed by atoms with Crippen LogP contribution >= 0.6 is 0 Å². The van der Waals surface area contributed by atoms with Gasteiger partial charge in [-0.2, -0.15) is 0 Å². The van der Waals surface area contributed by atoms with Gasteiger partial charge < -0.3 is 0 Å². The second-order valence-corrected chi connectivity index (χ2v) is 2.56. The maximum atomic E-state index is 3.59. The van der Waals surface area contributed by atoms with Gasteiger partial charge in [0.05, 0.1) is 5.69 Å². The standard InChI is InChI=1S/C9H8N3/c1-2-4-8(5-3-1)6-9-7-10-12-11-9/h1-5H,6H2,(H,10,11,12). The Kier molecular flexibility index (Phi) is 1.86. The van der Waals surface area contributed by atoms with Crippen molar-refractivity contribution >= 4 is 0 Å². The zero-order chi connectivity index (χ0) is 8.23. The molecule has 0 atom stereocenters. The van der Waals surface area contributed by atoms with Crippen molar-refractivity contribution in [3.8, 4) is 0 Å². The van der Waals surface area contributed by atoms with E-state index < -0.39 is 0 Å². The van der Waals surface area contributed by atoms with Crippen molar-refractivity contribution in [1.82, 2.24) is 15.4 Å². The van der Waals surface area contributed by atoms with E-state index in [0.717, 1.165) is 12.1 Å². The Morgan fingerprint density at radius 3 is 2.75 bits per heavy atom. The molecule has 1 radical (unpaired) electrons. The molecule has 12 heavy (non-hydrogen) atoms. The minimum Gasteiger partial charge on any atom is -0.261 e. The first kappa shape index (κ1) is 7.03. The first-order valence-corrected chi connectivity index (χ1v) is 3.77. The average Bonchev–Trinajstić information content (AvgIpc) is 2.59. The van der Waals surface area contributed by atoms with E-state index in [9.17, 15) is 0 Å². The number of hydrogen-bond acceptors (Lipinski definition) is 2. The maximum absolute atomic E-state index is 3.59. The quantitative estimate of drug-likeness (QED) is 0.713. The lowest BCUT2D eigenvalue weighted by molar-refractivity contribution is 0.915. The number of nitrogens with one attached hydrogen (secondary N) is 1. The summed E-state index contributed by atoms with van der Waals surface area (Å²) in [7, 11) is 0. The van der Waals surface area contributed by atoms with Crippen LogP contribution in [0.4, 0.5) is 0 Å². The molecule has 0 bridgehead atoms. The molecule has 3 heteroatoms. The van der Waals surface area contributed by atoms with Crippen LogP contribution in [-0.2, 0) is 6.42 Å². The predicted octanol–water partition coefficient (Wildman–Crippen LogP) is 1.20. The Morgan fingerprint density at radius 2 is 2.08 bits per heavy atom. The molecule has 2 rings (SSSR count). The molecule has 0 aliphatic carbocycles. The van der Waals surface area contributed by atoms with Crippen molar-refractivity contribution in [2.24, 2.45) is 0 Å². The van der Waals surface area contributed by atoms with Gasteiger partial charge in [0, 0.05) is 6.42 Å². The summed E-state index contributed by atoms with van der Waals surface area (Å²) in [5, 5.41) is 9.94. The molecule has 59 valence electrons. The lowest BCUT2D eigenvalue weighted by atomic mass is 10.1. The Hall–Kier alpha value is -1.64. The highest BCUT2D eigenvalue weighted by Crippen LogP contribution is 2.03. The SMILES string of the molecule is [c]1nn[nH]c1Cc1ccccc1. The Bertz CT molecular complexity index is 326. The van der Waals surface area contributed by atoms with Gasteiger partial charge in [0.2, 0.25) is 0 Å². The first-order chi connectivity index (χ1) is 5.95. The molecule has 3 nitrogen and oxygen atoms in total. The number of nitrogens with zero attached hydrogens (tertiary/aromatic N) is 2. The summed E-state index contributed by atoms with van der Waals surface area (Å²) in [4.78, 5) is 0. The molecular weight excluding hydrogens is 150 g/mol. The van der Waals surface area contributed by atoms with Gasteiger partial charge in [-0.1, -0.05) is 35.5 Å². The number of hydrogen-bond donors (Lipinski definition) is 1. The number of benzene rings is 1. The van der Waals surface area contributed by atoms with Crippen molar-refractivity contribution in [3.63, 3.8) is 0 Å². The second-order valence-electron chi connectivity index (χ2n) is 2.56. The summed E-state index contributed by atoms with van der Waals surface area (Å²) in [6.07, 6.45) is 3.58. The molecule has 0 fully saturated rings. The lowest BCUT2D eigenvalue weighted by Gasteiger charge is -1.94. The van der Waals surface area contributed by atoms with Gasteiger partial charge in [-0.25, -0.2) is 0 Å². The normalized spacial score (nSPS) is 10.0. The highest BCUT2D eigenvalue weighted by Gasteiger charge is 1.96. The number of aromatic amines is 1. The van der Waals surface area contributed by atoms with Crippen LogP contribution in [0.5, 0.6) is 0 Å². The van der Waals surface area contributed by atoms with Crippen LogP contribution in [0.15, 0.2) is 30.3 Å². The second kappa shape index (κ2) is 3.17. The van der Waals surface area contributed by atoms with Crippen molar-refractivity contribution < 1.29 is 0 Å². The van der Waals surface area contributed by atoms with Crippen molar-refractivity contribution in [2.45, 2.75) is 6.42 Å². The summed E-state index contributed by atoms with van der Waals surface area (Å²) in [6, 6.07) is 10.2. The summed E-state index contributed by atoms with van der Waals surface area (Å²) in [5.41, 5.74) is 2.15. The molecule has 0 spiro atoms. The number of H-pyrrole nitrogens is 1. The molecule has 0 saturated carbocycles. The first-order valence-electron chi connectivity index (χ1n) is 3.77. The molecule has 0 amide bonds. The topological polar surface area (TPSA) is 41.6 Å². The third-order valence-corrected chi connectivity index (χ3v) is 1.64. The molecule has 2 aromatic rings. The van der Waals surface area contributed by atoms with E-state index in [1.807, 2.05) is 18.2 Å². The molecule has 0 aliphatic rings.